The highest BCUT2D eigenvalue weighted by Crippen LogP contribution is 2.37. The fourth-order valence-corrected chi connectivity index (χ4v) is 3.33. The average molecular weight is 402 g/mol. The molecule has 3 heterocycles. The Morgan fingerprint density at radius 1 is 1.00 bits per heavy atom. The van der Waals surface area contributed by atoms with Gasteiger partial charge in [-0.1, -0.05) is 36.4 Å². The zero-order valence-corrected chi connectivity index (χ0v) is 16.4. The van der Waals surface area contributed by atoms with Crippen molar-refractivity contribution in [3.8, 4) is 5.75 Å². The van der Waals surface area contributed by atoms with E-state index >= 15 is 0 Å². The van der Waals surface area contributed by atoms with Crippen molar-refractivity contribution < 1.29 is 14.3 Å². The van der Waals surface area contributed by atoms with Gasteiger partial charge in [0.1, 0.15) is 0 Å². The van der Waals surface area contributed by atoms with Crippen LogP contribution in [-0.4, -0.2) is 28.3 Å². The van der Waals surface area contributed by atoms with E-state index in [1.807, 2.05) is 48.5 Å². The van der Waals surface area contributed by atoms with Crippen LogP contribution in [0, 0.1) is 0 Å². The second-order valence-electron chi connectivity index (χ2n) is 6.92. The highest BCUT2D eigenvalue weighted by atomic mass is 16.5. The van der Waals surface area contributed by atoms with Crippen molar-refractivity contribution in [2.75, 3.05) is 11.4 Å². The number of benzene rings is 1. The minimum Gasteiger partial charge on any atom is -0.472 e. The van der Waals surface area contributed by atoms with Crippen molar-refractivity contribution in [3.63, 3.8) is 0 Å². The fraction of sp³-hybridized carbons (Fsp3) is 0.217. The molecule has 1 aliphatic heterocycles. The van der Waals surface area contributed by atoms with Gasteiger partial charge in [-0.2, -0.15) is 0 Å². The fourth-order valence-electron chi connectivity index (χ4n) is 3.33. The van der Waals surface area contributed by atoms with Crippen LogP contribution in [0.2, 0.25) is 0 Å². The Morgan fingerprint density at radius 3 is 2.60 bits per heavy atom. The first-order valence-electron chi connectivity index (χ1n) is 9.87. The zero-order valence-electron chi connectivity index (χ0n) is 16.4. The number of aromatic nitrogens is 2. The van der Waals surface area contributed by atoms with Gasteiger partial charge in [-0.25, -0.2) is 4.98 Å². The first-order valence-corrected chi connectivity index (χ1v) is 9.87. The van der Waals surface area contributed by atoms with Crippen LogP contribution in [0.4, 0.5) is 5.82 Å². The molecule has 1 aliphatic rings. The van der Waals surface area contributed by atoms with Crippen molar-refractivity contribution in [1.82, 2.24) is 15.3 Å². The largest absolute Gasteiger partial charge is 0.472 e. The van der Waals surface area contributed by atoms with E-state index in [4.69, 9.17) is 4.74 Å². The number of anilines is 1. The Kier molecular flexibility index (Phi) is 5.98. The van der Waals surface area contributed by atoms with Crippen LogP contribution in [-0.2, 0) is 16.1 Å². The van der Waals surface area contributed by atoms with E-state index in [0.29, 0.717) is 37.5 Å². The lowest BCUT2D eigenvalue weighted by Crippen LogP contribution is -2.42. The Bertz CT molecular complexity index is 1010. The molecule has 7 heteroatoms. The molecule has 0 unspecified atom stereocenters. The predicted octanol–water partition coefficient (Wildman–Crippen LogP) is 3.04. The highest BCUT2D eigenvalue weighted by Gasteiger charge is 2.36. The molecular weight excluding hydrogens is 380 g/mol. The molecule has 30 heavy (non-hydrogen) atoms. The normalized spacial score (nSPS) is 15.3. The summed E-state index contributed by atoms with van der Waals surface area (Å²) in [4.78, 5) is 35.4. The molecule has 0 fully saturated rings. The molecule has 0 aliphatic carbocycles. The van der Waals surface area contributed by atoms with E-state index in [2.05, 4.69) is 15.3 Å². The molecule has 2 aromatic heterocycles. The zero-order chi connectivity index (χ0) is 20.8. The topological polar surface area (TPSA) is 84.4 Å². The Hall–Kier alpha value is -3.74. The summed E-state index contributed by atoms with van der Waals surface area (Å²) in [5.41, 5.74) is 1.59. The maximum Gasteiger partial charge on any atom is 0.274 e. The summed E-state index contributed by atoms with van der Waals surface area (Å²) >= 11 is 0. The van der Waals surface area contributed by atoms with Gasteiger partial charge in [-0.15, -0.1) is 0 Å². The number of ether oxygens (including phenoxy) is 1. The number of hydrogen-bond acceptors (Lipinski definition) is 5. The van der Waals surface area contributed by atoms with Gasteiger partial charge >= 0.3 is 0 Å². The van der Waals surface area contributed by atoms with Crippen molar-refractivity contribution in [1.29, 1.82) is 0 Å². The maximum absolute atomic E-state index is 13.1. The maximum atomic E-state index is 13.1. The molecular formula is C23H22N4O3. The minimum atomic E-state index is -0.721. The van der Waals surface area contributed by atoms with Gasteiger partial charge in [-0.05, 0) is 30.7 Å². The molecule has 1 N–H and O–H groups in total. The molecule has 152 valence electrons. The summed E-state index contributed by atoms with van der Waals surface area (Å²) in [6.45, 7) is 0.767. The quantitative estimate of drug-likeness (QED) is 0.657. The van der Waals surface area contributed by atoms with Crippen molar-refractivity contribution >= 4 is 17.6 Å². The van der Waals surface area contributed by atoms with Crippen molar-refractivity contribution in [2.45, 2.75) is 25.5 Å². The lowest BCUT2D eigenvalue weighted by atomic mass is 10.1. The number of pyridine rings is 2. The first kappa shape index (κ1) is 19.6. The standard InChI is InChI=1S/C23H22N4O3/c28-20(26-16-18-10-4-5-13-24-18)12-7-15-27-22-19(11-6-14-25-22)30-21(23(27)29)17-8-2-1-3-9-17/h1-6,8-11,13-14,21H,7,12,15-16H2,(H,26,28)/t21-/m0/s1. The monoisotopic (exact) mass is 402 g/mol. The molecule has 1 aromatic carbocycles. The second kappa shape index (κ2) is 9.17. The van der Waals surface area contributed by atoms with E-state index in [-0.39, 0.29) is 11.8 Å². The lowest BCUT2D eigenvalue weighted by molar-refractivity contribution is -0.127. The van der Waals surface area contributed by atoms with Crippen LogP contribution < -0.4 is 15.0 Å². The number of carbonyl (C=O) groups excluding carboxylic acids is 2. The lowest BCUT2D eigenvalue weighted by Gasteiger charge is -2.33. The number of fused-ring (bicyclic) bond motifs is 1. The number of nitrogens with zero attached hydrogens (tertiary/aromatic N) is 3. The molecule has 0 saturated carbocycles. The van der Waals surface area contributed by atoms with Crippen LogP contribution in [0.5, 0.6) is 5.75 Å². The van der Waals surface area contributed by atoms with Crippen LogP contribution in [0.15, 0.2) is 73.1 Å². The Morgan fingerprint density at radius 2 is 1.80 bits per heavy atom. The second-order valence-corrected chi connectivity index (χ2v) is 6.92. The molecule has 1 atom stereocenters. The molecule has 4 rings (SSSR count). The third kappa shape index (κ3) is 4.46. The van der Waals surface area contributed by atoms with Crippen LogP contribution >= 0.6 is 0 Å². The van der Waals surface area contributed by atoms with Gasteiger partial charge in [0, 0.05) is 30.9 Å². The average Bonchev–Trinajstić information content (AvgIpc) is 2.80. The van der Waals surface area contributed by atoms with Gasteiger partial charge < -0.3 is 10.1 Å². The Labute approximate surface area is 174 Å². The van der Waals surface area contributed by atoms with Crippen molar-refractivity contribution in [2.24, 2.45) is 0 Å². The summed E-state index contributed by atoms with van der Waals surface area (Å²) in [5.74, 6) is 0.789. The molecule has 0 bridgehead atoms. The molecule has 0 saturated heterocycles. The summed E-state index contributed by atoms with van der Waals surface area (Å²) in [7, 11) is 0. The molecule has 7 nitrogen and oxygen atoms in total. The van der Waals surface area contributed by atoms with E-state index in [9.17, 15) is 9.59 Å². The Balaban J connectivity index is 1.39. The number of amides is 2. The van der Waals surface area contributed by atoms with E-state index in [1.165, 1.54) is 0 Å². The van der Waals surface area contributed by atoms with Gasteiger partial charge in [0.25, 0.3) is 5.91 Å². The number of carbonyl (C=O) groups is 2. The van der Waals surface area contributed by atoms with E-state index < -0.39 is 6.10 Å². The number of nitrogens with one attached hydrogen (secondary N) is 1. The minimum absolute atomic E-state index is 0.0813. The summed E-state index contributed by atoms with van der Waals surface area (Å²) < 4.78 is 5.94. The van der Waals surface area contributed by atoms with Crippen LogP contribution in [0.1, 0.15) is 30.2 Å². The molecule has 0 radical (unpaired) electrons. The van der Waals surface area contributed by atoms with Gasteiger partial charge in [-0.3, -0.25) is 19.5 Å². The van der Waals surface area contributed by atoms with Gasteiger partial charge in [0.15, 0.2) is 11.6 Å². The molecule has 0 spiro atoms. The van der Waals surface area contributed by atoms with Gasteiger partial charge in [0.2, 0.25) is 12.0 Å². The summed E-state index contributed by atoms with van der Waals surface area (Å²) in [6.07, 6.45) is 3.41. The molecule has 2 amide bonds. The third-order valence-corrected chi connectivity index (χ3v) is 4.82. The summed E-state index contributed by atoms with van der Waals surface area (Å²) in [5, 5.41) is 2.86. The predicted molar refractivity (Wildman–Crippen MR) is 112 cm³/mol. The van der Waals surface area contributed by atoms with Gasteiger partial charge in [0.05, 0.1) is 12.2 Å². The molecule has 3 aromatic rings. The number of hydrogen-bond donors (Lipinski definition) is 1. The first-order chi connectivity index (χ1) is 14.7. The van der Waals surface area contributed by atoms with Crippen LogP contribution in [0.3, 0.4) is 0 Å². The highest BCUT2D eigenvalue weighted by molar-refractivity contribution is 5.99. The summed E-state index contributed by atoms with van der Waals surface area (Å²) in [6, 6.07) is 18.5. The van der Waals surface area contributed by atoms with E-state index in [1.54, 1.807) is 29.4 Å². The smallest absolute Gasteiger partial charge is 0.274 e. The van der Waals surface area contributed by atoms with Crippen molar-refractivity contribution in [3.05, 3.63) is 84.3 Å². The van der Waals surface area contributed by atoms with E-state index in [0.717, 1.165) is 11.3 Å². The van der Waals surface area contributed by atoms with Crippen LogP contribution in [0.25, 0.3) is 0 Å². The third-order valence-electron chi connectivity index (χ3n) is 4.82. The SMILES string of the molecule is O=C(CCCN1C(=O)[C@H](c2ccccc2)Oc2cccnc21)NCc1ccccn1. The number of rotatable bonds is 7.